The van der Waals surface area contributed by atoms with Gasteiger partial charge in [-0.25, -0.2) is 4.68 Å². The van der Waals surface area contributed by atoms with Gasteiger partial charge in [0.15, 0.2) is 0 Å². The van der Waals surface area contributed by atoms with Gasteiger partial charge in [-0.3, -0.25) is 4.79 Å². The zero-order valence-corrected chi connectivity index (χ0v) is 17.3. The predicted molar refractivity (Wildman–Crippen MR) is 113 cm³/mol. The summed E-state index contributed by atoms with van der Waals surface area (Å²) < 4.78 is 1.83. The van der Waals surface area contributed by atoms with Crippen molar-refractivity contribution < 1.29 is 4.79 Å². The van der Waals surface area contributed by atoms with E-state index >= 15 is 0 Å². The SMILES string of the molecule is CCCN(CCC)C(=O)c1cc(-c2cccs2)nn1-c1cc(C)ccc1C. The monoisotopic (exact) mass is 381 g/mol. The van der Waals surface area contributed by atoms with Crippen molar-refractivity contribution in [3.05, 3.63) is 58.6 Å². The fraction of sp³-hybridized carbons (Fsp3) is 0.364. The Hall–Kier alpha value is -2.40. The Morgan fingerprint density at radius 3 is 2.48 bits per heavy atom. The number of aromatic nitrogens is 2. The standard InChI is InChI=1S/C22H27N3OS/c1-5-11-24(12-6-2)22(26)20-15-18(21-8-7-13-27-21)23-25(20)19-14-16(3)9-10-17(19)4/h7-10,13-15H,5-6,11-12H2,1-4H3. The summed E-state index contributed by atoms with van der Waals surface area (Å²) >= 11 is 1.64. The molecule has 0 aliphatic carbocycles. The largest absolute Gasteiger partial charge is 0.337 e. The molecule has 5 heteroatoms. The van der Waals surface area contributed by atoms with Crippen LogP contribution in [0.3, 0.4) is 0 Å². The first-order chi connectivity index (χ1) is 13.0. The van der Waals surface area contributed by atoms with E-state index in [0.29, 0.717) is 5.69 Å². The van der Waals surface area contributed by atoms with Gasteiger partial charge in [0, 0.05) is 13.1 Å². The van der Waals surface area contributed by atoms with Gasteiger partial charge in [0.25, 0.3) is 5.91 Å². The molecule has 0 saturated carbocycles. The molecule has 1 amide bonds. The second kappa shape index (κ2) is 8.53. The molecule has 27 heavy (non-hydrogen) atoms. The Bertz CT molecular complexity index is 906. The number of aryl methyl sites for hydroxylation is 2. The molecule has 0 radical (unpaired) electrons. The molecule has 4 nitrogen and oxygen atoms in total. The number of benzene rings is 1. The molecule has 1 aromatic carbocycles. The first-order valence-electron chi connectivity index (χ1n) is 9.56. The third kappa shape index (κ3) is 4.14. The average Bonchev–Trinajstić information content (AvgIpc) is 3.32. The molecule has 142 valence electrons. The summed E-state index contributed by atoms with van der Waals surface area (Å²) in [5, 5.41) is 6.86. The number of nitrogens with zero attached hydrogens (tertiary/aromatic N) is 3. The van der Waals surface area contributed by atoms with Crippen LogP contribution in [0.5, 0.6) is 0 Å². The van der Waals surface area contributed by atoms with Crippen molar-refractivity contribution in [2.75, 3.05) is 13.1 Å². The molecule has 0 aliphatic rings. The van der Waals surface area contributed by atoms with Crippen LogP contribution in [0.4, 0.5) is 0 Å². The van der Waals surface area contributed by atoms with Gasteiger partial charge in [0.1, 0.15) is 11.4 Å². The highest BCUT2D eigenvalue weighted by molar-refractivity contribution is 7.13. The number of rotatable bonds is 7. The highest BCUT2D eigenvalue weighted by Gasteiger charge is 2.23. The molecule has 0 atom stereocenters. The molecule has 3 rings (SSSR count). The van der Waals surface area contributed by atoms with Gasteiger partial charge in [-0.05, 0) is 61.4 Å². The van der Waals surface area contributed by atoms with E-state index in [4.69, 9.17) is 5.10 Å². The summed E-state index contributed by atoms with van der Waals surface area (Å²) in [4.78, 5) is 16.4. The van der Waals surface area contributed by atoms with Crippen molar-refractivity contribution in [1.82, 2.24) is 14.7 Å². The van der Waals surface area contributed by atoms with Crippen LogP contribution in [0.25, 0.3) is 16.3 Å². The molecule has 2 heterocycles. The van der Waals surface area contributed by atoms with Crippen LogP contribution in [-0.2, 0) is 0 Å². The van der Waals surface area contributed by atoms with Gasteiger partial charge in [0.05, 0.1) is 10.6 Å². The molecule has 0 spiro atoms. The van der Waals surface area contributed by atoms with Crippen LogP contribution in [-0.4, -0.2) is 33.7 Å². The van der Waals surface area contributed by atoms with Gasteiger partial charge in [-0.15, -0.1) is 11.3 Å². The summed E-state index contributed by atoms with van der Waals surface area (Å²) in [5.74, 6) is 0.0508. The van der Waals surface area contributed by atoms with Crippen molar-refractivity contribution in [2.45, 2.75) is 40.5 Å². The Morgan fingerprint density at radius 1 is 1.11 bits per heavy atom. The van der Waals surface area contributed by atoms with Gasteiger partial charge in [0.2, 0.25) is 0 Å². The molecule has 0 N–H and O–H groups in total. The minimum Gasteiger partial charge on any atom is -0.337 e. The van der Waals surface area contributed by atoms with Crippen LogP contribution >= 0.6 is 11.3 Å². The molecule has 0 unspecified atom stereocenters. The smallest absolute Gasteiger partial charge is 0.272 e. The van der Waals surface area contributed by atoms with Gasteiger partial charge >= 0.3 is 0 Å². The van der Waals surface area contributed by atoms with Crippen molar-refractivity contribution in [1.29, 1.82) is 0 Å². The highest BCUT2D eigenvalue weighted by Crippen LogP contribution is 2.27. The summed E-state index contributed by atoms with van der Waals surface area (Å²) in [6.45, 7) is 9.86. The fourth-order valence-electron chi connectivity index (χ4n) is 3.23. The number of thiophene rings is 1. The molecular formula is C22H27N3OS. The lowest BCUT2D eigenvalue weighted by atomic mass is 10.1. The Morgan fingerprint density at radius 2 is 1.85 bits per heavy atom. The maximum Gasteiger partial charge on any atom is 0.272 e. The minimum absolute atomic E-state index is 0.0508. The van der Waals surface area contributed by atoms with Gasteiger partial charge < -0.3 is 4.90 Å². The van der Waals surface area contributed by atoms with E-state index in [9.17, 15) is 4.79 Å². The number of hydrogen-bond donors (Lipinski definition) is 0. The Kier molecular flexibility index (Phi) is 6.11. The maximum atomic E-state index is 13.4. The quantitative estimate of drug-likeness (QED) is 0.543. The van der Waals surface area contributed by atoms with Crippen molar-refractivity contribution in [2.24, 2.45) is 0 Å². The second-order valence-electron chi connectivity index (χ2n) is 6.89. The summed E-state index contributed by atoms with van der Waals surface area (Å²) in [6.07, 6.45) is 1.89. The molecule has 0 saturated heterocycles. The lowest BCUT2D eigenvalue weighted by molar-refractivity contribution is 0.0746. The molecule has 0 aliphatic heterocycles. The van der Waals surface area contributed by atoms with Crippen molar-refractivity contribution in [3.8, 4) is 16.3 Å². The van der Waals surface area contributed by atoms with E-state index in [1.165, 1.54) is 0 Å². The summed E-state index contributed by atoms with van der Waals surface area (Å²) in [6, 6.07) is 12.3. The Labute approximate surface area is 165 Å². The predicted octanol–water partition coefficient (Wildman–Crippen LogP) is 5.48. The van der Waals surface area contributed by atoms with Crippen LogP contribution in [0, 0.1) is 13.8 Å². The van der Waals surface area contributed by atoms with Gasteiger partial charge in [-0.1, -0.05) is 32.0 Å². The molecule has 2 aromatic heterocycles. The number of hydrogen-bond acceptors (Lipinski definition) is 3. The molecule has 0 fully saturated rings. The second-order valence-corrected chi connectivity index (χ2v) is 7.83. The van der Waals surface area contributed by atoms with Crippen molar-refractivity contribution in [3.63, 3.8) is 0 Å². The average molecular weight is 382 g/mol. The van der Waals surface area contributed by atoms with E-state index in [0.717, 1.165) is 53.3 Å². The normalized spacial score (nSPS) is 11.0. The molecule has 0 bridgehead atoms. The number of carbonyl (C=O) groups excluding carboxylic acids is 1. The lowest BCUT2D eigenvalue weighted by Gasteiger charge is -2.22. The lowest BCUT2D eigenvalue weighted by Crippen LogP contribution is -2.34. The topological polar surface area (TPSA) is 38.1 Å². The van der Waals surface area contributed by atoms with Gasteiger partial charge in [-0.2, -0.15) is 5.10 Å². The molecule has 3 aromatic rings. The third-order valence-electron chi connectivity index (χ3n) is 4.57. The van der Waals surface area contributed by atoms with E-state index in [1.54, 1.807) is 11.3 Å². The minimum atomic E-state index is 0.0508. The van der Waals surface area contributed by atoms with Crippen LogP contribution < -0.4 is 0 Å². The van der Waals surface area contributed by atoms with Crippen LogP contribution in [0.15, 0.2) is 41.8 Å². The summed E-state index contributed by atoms with van der Waals surface area (Å²) in [7, 11) is 0. The van der Waals surface area contributed by atoms with E-state index in [-0.39, 0.29) is 5.91 Å². The summed E-state index contributed by atoms with van der Waals surface area (Å²) in [5.41, 5.74) is 4.71. The zero-order chi connectivity index (χ0) is 19.4. The van der Waals surface area contributed by atoms with E-state index in [2.05, 4.69) is 45.9 Å². The fourth-order valence-corrected chi connectivity index (χ4v) is 3.91. The number of carbonyl (C=O) groups is 1. The van der Waals surface area contributed by atoms with Crippen LogP contribution in [0.1, 0.15) is 48.3 Å². The highest BCUT2D eigenvalue weighted by atomic mass is 32.1. The molecular weight excluding hydrogens is 354 g/mol. The van der Waals surface area contributed by atoms with Crippen LogP contribution in [0.2, 0.25) is 0 Å². The third-order valence-corrected chi connectivity index (χ3v) is 5.46. The maximum absolute atomic E-state index is 13.4. The zero-order valence-electron chi connectivity index (χ0n) is 16.5. The van der Waals surface area contributed by atoms with Crippen molar-refractivity contribution >= 4 is 17.2 Å². The first-order valence-corrected chi connectivity index (χ1v) is 10.4. The number of amides is 1. The Balaban J connectivity index is 2.13. The van der Waals surface area contributed by atoms with E-state index < -0.39 is 0 Å². The van der Waals surface area contributed by atoms with E-state index in [1.807, 2.05) is 33.2 Å². The first kappa shape index (κ1) is 19.4.